The van der Waals surface area contributed by atoms with Crippen LogP contribution >= 0.6 is 0 Å². The van der Waals surface area contributed by atoms with Crippen molar-refractivity contribution in [3.8, 4) is 0 Å². The number of imidazole rings is 1. The van der Waals surface area contributed by atoms with Crippen molar-refractivity contribution in [3.05, 3.63) is 54.4 Å². The predicted molar refractivity (Wildman–Crippen MR) is 84.0 cm³/mol. The van der Waals surface area contributed by atoms with Gasteiger partial charge in [0.2, 0.25) is 0 Å². The van der Waals surface area contributed by atoms with E-state index in [1.54, 1.807) is 0 Å². The normalized spacial score (nSPS) is 10.7. The van der Waals surface area contributed by atoms with Crippen LogP contribution in [-0.2, 0) is 13.6 Å². The molecule has 0 amide bonds. The lowest BCUT2D eigenvalue weighted by molar-refractivity contribution is 0.947. The highest BCUT2D eigenvalue weighted by Crippen LogP contribution is 2.18. The van der Waals surface area contributed by atoms with Crippen molar-refractivity contribution in [2.45, 2.75) is 6.54 Å². The van der Waals surface area contributed by atoms with Crippen LogP contribution in [0.25, 0.3) is 11.0 Å². The van der Waals surface area contributed by atoms with Gasteiger partial charge in [-0.3, -0.25) is 0 Å². The number of nitrogens with zero attached hydrogens (tertiary/aromatic N) is 2. The number of nitrogens with one attached hydrogen (secondary N) is 2. The van der Waals surface area contributed by atoms with Gasteiger partial charge in [-0.25, -0.2) is 4.98 Å². The summed E-state index contributed by atoms with van der Waals surface area (Å²) < 4.78 is 2.02. The molecule has 102 valence electrons. The second-order valence-electron chi connectivity index (χ2n) is 4.86. The first kappa shape index (κ1) is 12.5. The Labute approximate surface area is 118 Å². The maximum Gasteiger partial charge on any atom is 0.0955 e. The zero-order chi connectivity index (χ0) is 13.9. The predicted octanol–water partition coefficient (Wildman–Crippen LogP) is 3.23. The first-order chi connectivity index (χ1) is 9.76. The fourth-order valence-electron chi connectivity index (χ4n) is 2.29. The first-order valence-electron chi connectivity index (χ1n) is 6.68. The highest BCUT2D eigenvalue weighted by Gasteiger charge is 2.01. The van der Waals surface area contributed by atoms with Gasteiger partial charge in [0.05, 0.1) is 17.4 Å². The molecule has 0 bridgehead atoms. The molecule has 0 aliphatic carbocycles. The standard InChI is InChI=1S/C16H18N4/c1-17-13-5-3-4-12(8-13)10-18-14-6-7-16-15(9-14)19-11-20(16)2/h3-9,11,17-18H,10H2,1-2H3. The molecule has 2 N–H and O–H groups in total. The van der Waals surface area contributed by atoms with Crippen molar-refractivity contribution in [3.63, 3.8) is 0 Å². The van der Waals surface area contributed by atoms with E-state index in [9.17, 15) is 0 Å². The Balaban J connectivity index is 1.75. The van der Waals surface area contributed by atoms with E-state index in [1.807, 2.05) is 25.0 Å². The van der Waals surface area contributed by atoms with Crippen LogP contribution in [0.3, 0.4) is 0 Å². The van der Waals surface area contributed by atoms with E-state index in [-0.39, 0.29) is 0 Å². The van der Waals surface area contributed by atoms with Crippen molar-refractivity contribution < 1.29 is 0 Å². The average molecular weight is 266 g/mol. The number of hydrogen-bond acceptors (Lipinski definition) is 3. The topological polar surface area (TPSA) is 41.9 Å². The molecule has 0 atom stereocenters. The van der Waals surface area contributed by atoms with E-state index < -0.39 is 0 Å². The third kappa shape index (κ3) is 2.45. The molecule has 0 aliphatic heterocycles. The summed E-state index contributed by atoms with van der Waals surface area (Å²) in [6.07, 6.45) is 1.84. The van der Waals surface area contributed by atoms with Crippen LogP contribution in [0.15, 0.2) is 48.8 Å². The number of aryl methyl sites for hydroxylation is 1. The summed E-state index contributed by atoms with van der Waals surface area (Å²) in [5.41, 5.74) is 5.63. The van der Waals surface area contributed by atoms with Gasteiger partial charge in [-0.15, -0.1) is 0 Å². The van der Waals surface area contributed by atoms with E-state index in [0.29, 0.717) is 0 Å². The van der Waals surface area contributed by atoms with Crippen LogP contribution in [0.1, 0.15) is 5.56 Å². The van der Waals surface area contributed by atoms with Crippen LogP contribution in [0, 0.1) is 0 Å². The second kappa shape index (κ2) is 5.25. The molecule has 2 aromatic carbocycles. The van der Waals surface area contributed by atoms with E-state index in [4.69, 9.17) is 0 Å². The lowest BCUT2D eigenvalue weighted by atomic mass is 10.2. The van der Waals surface area contributed by atoms with Gasteiger partial charge < -0.3 is 15.2 Å². The van der Waals surface area contributed by atoms with Crippen molar-refractivity contribution in [1.29, 1.82) is 0 Å². The summed E-state index contributed by atoms with van der Waals surface area (Å²) in [6, 6.07) is 14.6. The van der Waals surface area contributed by atoms with E-state index in [0.717, 1.165) is 29.0 Å². The van der Waals surface area contributed by atoms with Gasteiger partial charge in [-0.2, -0.15) is 0 Å². The van der Waals surface area contributed by atoms with Crippen molar-refractivity contribution in [1.82, 2.24) is 9.55 Å². The number of hydrogen-bond donors (Lipinski definition) is 2. The van der Waals surface area contributed by atoms with Crippen LogP contribution in [0.4, 0.5) is 11.4 Å². The highest BCUT2D eigenvalue weighted by atomic mass is 15.0. The van der Waals surface area contributed by atoms with E-state index in [2.05, 4.69) is 58.1 Å². The Morgan fingerprint density at radius 3 is 2.85 bits per heavy atom. The lowest BCUT2D eigenvalue weighted by Gasteiger charge is -2.08. The molecule has 20 heavy (non-hydrogen) atoms. The minimum atomic E-state index is 0.799. The summed E-state index contributed by atoms with van der Waals surface area (Å²) in [5, 5.41) is 6.59. The Bertz CT molecular complexity index is 730. The Kier molecular flexibility index (Phi) is 3.29. The van der Waals surface area contributed by atoms with Crippen LogP contribution < -0.4 is 10.6 Å². The molecule has 0 unspecified atom stereocenters. The largest absolute Gasteiger partial charge is 0.388 e. The monoisotopic (exact) mass is 266 g/mol. The molecule has 0 saturated heterocycles. The number of rotatable bonds is 4. The molecule has 1 aromatic heterocycles. The number of benzene rings is 2. The molecular formula is C16H18N4. The molecular weight excluding hydrogens is 248 g/mol. The van der Waals surface area contributed by atoms with Crippen molar-refractivity contribution in [2.75, 3.05) is 17.7 Å². The zero-order valence-corrected chi connectivity index (χ0v) is 11.7. The van der Waals surface area contributed by atoms with Gasteiger partial charge in [0.15, 0.2) is 0 Å². The maximum absolute atomic E-state index is 4.37. The average Bonchev–Trinajstić information content (AvgIpc) is 2.86. The van der Waals surface area contributed by atoms with Crippen molar-refractivity contribution >= 4 is 22.4 Å². The molecule has 3 rings (SSSR count). The summed E-state index contributed by atoms with van der Waals surface area (Å²) in [5.74, 6) is 0. The summed E-state index contributed by atoms with van der Waals surface area (Å²) in [7, 11) is 3.94. The minimum absolute atomic E-state index is 0.799. The van der Waals surface area contributed by atoms with Crippen LogP contribution in [0.2, 0.25) is 0 Å². The molecule has 0 fully saturated rings. The Morgan fingerprint density at radius 1 is 1.10 bits per heavy atom. The third-order valence-corrected chi connectivity index (χ3v) is 3.44. The number of aromatic nitrogens is 2. The fraction of sp³-hybridized carbons (Fsp3) is 0.188. The number of fused-ring (bicyclic) bond motifs is 1. The molecule has 0 spiro atoms. The lowest BCUT2D eigenvalue weighted by Crippen LogP contribution is -2.00. The number of anilines is 2. The minimum Gasteiger partial charge on any atom is -0.388 e. The molecule has 0 radical (unpaired) electrons. The molecule has 4 heteroatoms. The Morgan fingerprint density at radius 2 is 2.00 bits per heavy atom. The molecule has 3 aromatic rings. The summed E-state index contributed by atoms with van der Waals surface area (Å²) in [6.45, 7) is 0.799. The van der Waals surface area contributed by atoms with Gasteiger partial charge in [-0.1, -0.05) is 12.1 Å². The SMILES string of the molecule is CNc1cccc(CNc2ccc3c(c2)ncn3C)c1. The third-order valence-electron chi connectivity index (χ3n) is 3.44. The van der Waals surface area contributed by atoms with E-state index >= 15 is 0 Å². The highest BCUT2D eigenvalue weighted by molar-refractivity contribution is 5.79. The zero-order valence-electron chi connectivity index (χ0n) is 11.7. The molecule has 0 saturated carbocycles. The first-order valence-corrected chi connectivity index (χ1v) is 6.68. The van der Waals surface area contributed by atoms with Gasteiger partial charge in [0.25, 0.3) is 0 Å². The van der Waals surface area contributed by atoms with Gasteiger partial charge in [-0.05, 0) is 35.9 Å². The quantitative estimate of drug-likeness (QED) is 0.762. The Hall–Kier alpha value is -2.49. The van der Waals surface area contributed by atoms with Gasteiger partial charge in [0.1, 0.15) is 0 Å². The second-order valence-corrected chi connectivity index (χ2v) is 4.86. The summed E-state index contributed by atoms with van der Waals surface area (Å²) >= 11 is 0. The van der Waals surface area contributed by atoms with Crippen LogP contribution in [0.5, 0.6) is 0 Å². The molecule has 4 nitrogen and oxygen atoms in total. The summed E-state index contributed by atoms with van der Waals surface area (Å²) in [4.78, 5) is 4.37. The van der Waals surface area contributed by atoms with Gasteiger partial charge >= 0.3 is 0 Å². The molecule has 1 heterocycles. The van der Waals surface area contributed by atoms with Gasteiger partial charge in [0, 0.05) is 32.0 Å². The van der Waals surface area contributed by atoms with Crippen molar-refractivity contribution in [2.24, 2.45) is 7.05 Å². The fourth-order valence-corrected chi connectivity index (χ4v) is 2.29. The molecule has 0 aliphatic rings. The van der Waals surface area contributed by atoms with E-state index in [1.165, 1.54) is 5.56 Å². The van der Waals surface area contributed by atoms with Crippen LogP contribution in [-0.4, -0.2) is 16.6 Å². The maximum atomic E-state index is 4.37. The smallest absolute Gasteiger partial charge is 0.0955 e.